The average molecular weight is 897 g/mol. The van der Waals surface area contributed by atoms with E-state index in [2.05, 4.69) is 50.3 Å². The zero-order valence-corrected chi connectivity index (χ0v) is 37.8. The first-order valence-corrected chi connectivity index (χ1v) is 23.4. The van der Waals surface area contributed by atoms with Crippen LogP contribution in [0.3, 0.4) is 0 Å². The Hall–Kier alpha value is -2.80. The van der Waals surface area contributed by atoms with Gasteiger partial charge in [-0.05, 0) is 57.8 Å². The molecular formula is C48H80O15. The van der Waals surface area contributed by atoms with Gasteiger partial charge in [-0.15, -0.1) is 0 Å². The number of allylic oxidation sites excluding steroid dienone is 10. The summed E-state index contributed by atoms with van der Waals surface area (Å²) >= 11 is 0. The van der Waals surface area contributed by atoms with Gasteiger partial charge >= 0.3 is 11.9 Å². The van der Waals surface area contributed by atoms with Gasteiger partial charge in [0.1, 0.15) is 55.4 Å². The molecule has 5 unspecified atom stereocenters. The third-order valence-electron chi connectivity index (χ3n) is 10.8. The van der Waals surface area contributed by atoms with Crippen LogP contribution in [0.15, 0.2) is 60.8 Å². The van der Waals surface area contributed by atoms with E-state index in [1.807, 2.05) is 24.3 Å². The molecule has 0 aliphatic carbocycles. The van der Waals surface area contributed by atoms with Gasteiger partial charge in [0.2, 0.25) is 0 Å². The zero-order chi connectivity index (χ0) is 46.1. The van der Waals surface area contributed by atoms with Crippen LogP contribution in [0.1, 0.15) is 136 Å². The van der Waals surface area contributed by atoms with E-state index in [0.29, 0.717) is 12.8 Å². The molecule has 0 bridgehead atoms. The highest BCUT2D eigenvalue weighted by atomic mass is 16.7. The van der Waals surface area contributed by atoms with Gasteiger partial charge < -0.3 is 64.2 Å². The number of carbonyl (C=O) groups excluding carboxylic acids is 2. The Morgan fingerprint density at radius 2 is 1.03 bits per heavy atom. The van der Waals surface area contributed by atoms with Gasteiger partial charge in [0.25, 0.3) is 0 Å². The lowest BCUT2D eigenvalue weighted by molar-refractivity contribution is -0.332. The Kier molecular flexibility index (Phi) is 31.7. The van der Waals surface area contributed by atoms with Crippen LogP contribution in [0, 0.1) is 0 Å². The maximum absolute atomic E-state index is 12.9. The molecule has 15 heteroatoms. The van der Waals surface area contributed by atoms with Crippen LogP contribution >= 0.6 is 0 Å². The molecular weight excluding hydrogens is 817 g/mol. The van der Waals surface area contributed by atoms with E-state index in [-0.39, 0.29) is 19.4 Å². The fraction of sp³-hybridized carbons (Fsp3) is 0.750. The van der Waals surface area contributed by atoms with E-state index >= 15 is 0 Å². The molecule has 7 N–H and O–H groups in total. The van der Waals surface area contributed by atoms with Crippen molar-refractivity contribution in [3.8, 4) is 0 Å². The van der Waals surface area contributed by atoms with E-state index in [4.69, 9.17) is 28.4 Å². The van der Waals surface area contributed by atoms with Crippen LogP contribution in [-0.4, -0.2) is 142 Å². The van der Waals surface area contributed by atoms with Crippen molar-refractivity contribution in [1.29, 1.82) is 0 Å². The number of unbranched alkanes of at least 4 members (excludes halogenated alkanes) is 12. The Labute approximate surface area is 375 Å². The highest BCUT2D eigenvalue weighted by Gasteiger charge is 2.47. The van der Waals surface area contributed by atoms with Gasteiger partial charge in [0.05, 0.1) is 19.8 Å². The molecule has 63 heavy (non-hydrogen) atoms. The third-order valence-corrected chi connectivity index (χ3v) is 10.8. The molecule has 0 saturated carbocycles. The molecule has 0 radical (unpaired) electrons. The lowest BCUT2D eigenvalue weighted by Gasteiger charge is -2.42. The molecule has 2 aliphatic heterocycles. The monoisotopic (exact) mass is 897 g/mol. The lowest BCUT2D eigenvalue weighted by atomic mass is 9.98. The molecule has 0 spiro atoms. The van der Waals surface area contributed by atoms with Crippen molar-refractivity contribution in [2.45, 2.75) is 203 Å². The Morgan fingerprint density at radius 1 is 0.524 bits per heavy atom. The summed E-state index contributed by atoms with van der Waals surface area (Å²) < 4.78 is 33.4. The predicted molar refractivity (Wildman–Crippen MR) is 238 cm³/mol. The lowest BCUT2D eigenvalue weighted by Crippen LogP contribution is -2.61. The molecule has 11 atom stereocenters. The van der Waals surface area contributed by atoms with Crippen LogP contribution < -0.4 is 0 Å². The molecule has 0 aromatic carbocycles. The van der Waals surface area contributed by atoms with Crippen LogP contribution in [0.2, 0.25) is 0 Å². The van der Waals surface area contributed by atoms with Crippen LogP contribution in [0.4, 0.5) is 0 Å². The number of hydrogen-bond acceptors (Lipinski definition) is 15. The maximum atomic E-state index is 12.9. The van der Waals surface area contributed by atoms with Gasteiger partial charge in [0.15, 0.2) is 18.7 Å². The molecule has 2 rings (SSSR count). The molecule has 2 fully saturated rings. The second-order valence-electron chi connectivity index (χ2n) is 16.2. The smallest absolute Gasteiger partial charge is 0.306 e. The highest BCUT2D eigenvalue weighted by molar-refractivity contribution is 5.70. The molecule has 0 amide bonds. The first kappa shape index (κ1) is 56.3. The van der Waals surface area contributed by atoms with Gasteiger partial charge in [-0.3, -0.25) is 9.59 Å². The standard InChI is InChI=1S/C48H80O15/c1-3-5-7-9-11-13-15-17-19-20-22-24-26-28-30-39(50)58-33-36(61-40(51)31-29-27-25-23-21-18-16-14-12-10-8-6-4-2)34-59-47-46(57)44(55)42(53)38(63-47)35-60-48-45(56)43(54)41(52)37(32-49)62-48/h5-8,10-14,16,36-38,41-49,52-57H,3-4,9,15,17-35H2,1-2H3/b7-5+,8-6+,12-10+,13-11+,16-14+/t36?,37-,38-,41+,42+,43?,44?,45?,46?,47-,48-/m1/s1. The van der Waals surface area contributed by atoms with Gasteiger partial charge in [-0.25, -0.2) is 0 Å². The maximum Gasteiger partial charge on any atom is 0.306 e. The predicted octanol–water partition coefficient (Wildman–Crippen LogP) is 5.31. The number of rotatable bonds is 34. The first-order valence-electron chi connectivity index (χ1n) is 23.4. The summed E-state index contributed by atoms with van der Waals surface area (Å²) in [7, 11) is 0. The average Bonchev–Trinajstić information content (AvgIpc) is 3.28. The summed E-state index contributed by atoms with van der Waals surface area (Å²) in [5.74, 6) is -0.966. The SMILES string of the molecule is CC/C=C/C=C/C=C/CCCCCCCC(=O)OC(COC(=O)CCCCCCCCC/C=C/C/C=C/CC)CO[C@@H]1O[C@H](CO[C@@H]2O[C@H](CO)[C@H](O)C(O)C2O)[C@H](O)C(O)C1O. The minimum absolute atomic E-state index is 0.137. The quantitative estimate of drug-likeness (QED) is 0.0188. The Bertz CT molecular complexity index is 1330. The Morgan fingerprint density at radius 3 is 1.65 bits per heavy atom. The van der Waals surface area contributed by atoms with Crippen molar-refractivity contribution in [1.82, 2.24) is 0 Å². The van der Waals surface area contributed by atoms with Crippen LogP contribution in [-0.2, 0) is 38.0 Å². The van der Waals surface area contributed by atoms with Crippen LogP contribution in [0.5, 0.6) is 0 Å². The van der Waals surface area contributed by atoms with E-state index in [1.54, 1.807) is 0 Å². The van der Waals surface area contributed by atoms with Crippen molar-refractivity contribution < 1.29 is 73.8 Å². The van der Waals surface area contributed by atoms with Gasteiger partial charge in [-0.2, -0.15) is 0 Å². The summed E-state index contributed by atoms with van der Waals surface area (Å²) in [4.78, 5) is 25.6. The summed E-state index contributed by atoms with van der Waals surface area (Å²) in [6.07, 6.45) is 21.2. The summed E-state index contributed by atoms with van der Waals surface area (Å²) in [5, 5.41) is 71.9. The van der Waals surface area contributed by atoms with Crippen LogP contribution in [0.25, 0.3) is 0 Å². The summed E-state index contributed by atoms with van der Waals surface area (Å²) in [5.41, 5.74) is 0. The zero-order valence-electron chi connectivity index (χ0n) is 37.8. The Balaban J connectivity index is 1.86. The van der Waals surface area contributed by atoms with Crippen molar-refractivity contribution in [3.63, 3.8) is 0 Å². The van der Waals surface area contributed by atoms with E-state index in [9.17, 15) is 45.3 Å². The molecule has 2 heterocycles. The van der Waals surface area contributed by atoms with Gasteiger partial charge in [-0.1, -0.05) is 126 Å². The van der Waals surface area contributed by atoms with Gasteiger partial charge in [0, 0.05) is 12.8 Å². The molecule has 0 aromatic rings. The number of aliphatic hydroxyl groups excluding tert-OH is 7. The van der Waals surface area contributed by atoms with E-state index < -0.39 is 99.3 Å². The summed E-state index contributed by atoms with van der Waals surface area (Å²) in [6, 6.07) is 0. The largest absolute Gasteiger partial charge is 0.462 e. The fourth-order valence-corrected chi connectivity index (χ4v) is 6.96. The summed E-state index contributed by atoms with van der Waals surface area (Å²) in [6.45, 7) is 2.29. The number of hydrogen-bond donors (Lipinski definition) is 7. The minimum atomic E-state index is -1.77. The molecule has 2 saturated heterocycles. The molecule has 2 aliphatic rings. The van der Waals surface area contributed by atoms with Crippen molar-refractivity contribution in [2.75, 3.05) is 26.4 Å². The van der Waals surface area contributed by atoms with E-state index in [0.717, 1.165) is 83.5 Å². The van der Waals surface area contributed by atoms with Crippen molar-refractivity contribution in [3.05, 3.63) is 60.8 Å². The number of ether oxygens (including phenoxy) is 6. The van der Waals surface area contributed by atoms with E-state index in [1.165, 1.54) is 12.8 Å². The second kappa shape index (κ2) is 35.5. The normalized spacial score (nSPS) is 27.4. The first-order chi connectivity index (χ1) is 30.5. The number of aliphatic hydroxyl groups is 7. The fourth-order valence-electron chi connectivity index (χ4n) is 6.96. The molecule has 362 valence electrons. The highest BCUT2D eigenvalue weighted by Crippen LogP contribution is 2.26. The topological polar surface area (TPSA) is 231 Å². The number of carbonyl (C=O) groups is 2. The van der Waals surface area contributed by atoms with Crippen molar-refractivity contribution in [2.24, 2.45) is 0 Å². The molecule has 15 nitrogen and oxygen atoms in total. The third kappa shape index (κ3) is 24.3. The minimum Gasteiger partial charge on any atom is -0.462 e. The number of esters is 2. The molecule has 0 aromatic heterocycles. The second-order valence-corrected chi connectivity index (χ2v) is 16.2. The van der Waals surface area contributed by atoms with Crippen molar-refractivity contribution >= 4 is 11.9 Å².